The van der Waals surface area contributed by atoms with Gasteiger partial charge in [0.1, 0.15) is 0 Å². The molecule has 5 rings (SSSR count). The first-order valence-electron chi connectivity index (χ1n) is 13.2. The molecule has 11 heteroatoms. The van der Waals surface area contributed by atoms with Crippen molar-refractivity contribution in [2.24, 2.45) is 0 Å². The Bertz CT molecular complexity index is 1550. The Balaban J connectivity index is 1.34. The number of halogens is 1. The number of piperazine rings is 1. The van der Waals surface area contributed by atoms with Crippen molar-refractivity contribution in [3.05, 3.63) is 71.9 Å². The summed E-state index contributed by atoms with van der Waals surface area (Å²) in [6.07, 6.45) is 5.77. The number of ether oxygens (including phenoxy) is 1. The van der Waals surface area contributed by atoms with Gasteiger partial charge in [-0.05, 0) is 55.4 Å². The summed E-state index contributed by atoms with van der Waals surface area (Å²) in [5.41, 5.74) is 4.29. The van der Waals surface area contributed by atoms with Gasteiger partial charge in [-0.25, -0.2) is 14.4 Å². The molecule has 0 aliphatic carbocycles. The maximum absolute atomic E-state index is 14.3. The fourth-order valence-corrected chi connectivity index (χ4v) is 4.95. The number of hydrogen-bond donors (Lipinski definition) is 2. The van der Waals surface area contributed by atoms with E-state index in [1.807, 2.05) is 29.5 Å². The molecular formula is C29H32FN7O3. The molecule has 0 bridgehead atoms. The van der Waals surface area contributed by atoms with Crippen molar-refractivity contribution >= 4 is 29.0 Å². The largest absolute Gasteiger partial charge is 0.494 e. The van der Waals surface area contributed by atoms with E-state index in [0.717, 1.165) is 11.3 Å². The fraction of sp³-hybridized carbons (Fsp3) is 0.310. The number of fused-ring (bicyclic) bond motifs is 1. The standard InChI is InChI=1S/C29H32FN7O3/c1-4-19-15-21(6-7-22(19)29(39)36-13-11-35(12-14-36)26(38)18-31-2)34-27-28-33-17-24(37(28)10-9-32-27)20-5-8-25(40-3)23(30)16-20/h5-10,15-17,31H,4,11-14,18H2,1-3H3,(H,32,34). The number of aryl methyl sites for hydroxylation is 1. The van der Waals surface area contributed by atoms with Crippen LogP contribution in [0.15, 0.2) is 55.0 Å². The van der Waals surface area contributed by atoms with Crippen molar-refractivity contribution in [2.75, 3.05) is 52.2 Å². The lowest BCUT2D eigenvalue weighted by Gasteiger charge is -2.35. The van der Waals surface area contributed by atoms with Gasteiger partial charge in [0, 0.05) is 55.4 Å². The molecule has 2 aromatic carbocycles. The van der Waals surface area contributed by atoms with Crippen molar-refractivity contribution in [1.29, 1.82) is 0 Å². The maximum Gasteiger partial charge on any atom is 0.254 e. The van der Waals surface area contributed by atoms with Crippen molar-refractivity contribution in [3.63, 3.8) is 0 Å². The Hall–Kier alpha value is -4.51. The SMILES string of the molecule is CCc1cc(Nc2nccn3c(-c4ccc(OC)c(F)c4)cnc23)ccc1C(=O)N1CCN(C(=O)CNC)CC1. The number of nitrogens with zero attached hydrogens (tertiary/aromatic N) is 5. The van der Waals surface area contributed by atoms with E-state index in [1.165, 1.54) is 13.2 Å². The van der Waals surface area contributed by atoms with Crippen LogP contribution in [-0.4, -0.2) is 82.9 Å². The van der Waals surface area contributed by atoms with Gasteiger partial charge in [0.25, 0.3) is 5.91 Å². The molecule has 2 N–H and O–H groups in total. The summed E-state index contributed by atoms with van der Waals surface area (Å²) in [7, 11) is 3.18. The molecule has 0 unspecified atom stereocenters. The van der Waals surface area contributed by atoms with Crippen molar-refractivity contribution < 1.29 is 18.7 Å². The number of likely N-dealkylation sites (N-methyl/N-ethyl adjacent to an activating group) is 1. The van der Waals surface area contributed by atoms with E-state index in [4.69, 9.17) is 4.74 Å². The topological polar surface area (TPSA) is 104 Å². The predicted molar refractivity (Wildman–Crippen MR) is 150 cm³/mol. The second-order valence-electron chi connectivity index (χ2n) is 9.52. The van der Waals surface area contributed by atoms with Crippen molar-refractivity contribution in [1.82, 2.24) is 29.5 Å². The summed E-state index contributed by atoms with van der Waals surface area (Å²) >= 11 is 0. The Morgan fingerprint density at radius 3 is 2.52 bits per heavy atom. The van der Waals surface area contributed by atoms with Crippen LogP contribution in [0.4, 0.5) is 15.9 Å². The summed E-state index contributed by atoms with van der Waals surface area (Å²) in [6, 6.07) is 10.4. The number of rotatable bonds is 8. The average molecular weight is 546 g/mol. The van der Waals surface area contributed by atoms with Crippen LogP contribution >= 0.6 is 0 Å². The highest BCUT2D eigenvalue weighted by molar-refractivity contribution is 5.96. The van der Waals surface area contributed by atoms with Gasteiger partial charge in [0.2, 0.25) is 5.91 Å². The number of methoxy groups -OCH3 is 1. The second-order valence-corrected chi connectivity index (χ2v) is 9.52. The van der Waals surface area contributed by atoms with Gasteiger partial charge in [-0.1, -0.05) is 6.92 Å². The zero-order chi connectivity index (χ0) is 28.2. The summed E-state index contributed by atoms with van der Waals surface area (Å²) in [5.74, 6) is 0.272. The highest BCUT2D eigenvalue weighted by Crippen LogP contribution is 2.29. The van der Waals surface area contributed by atoms with Crippen molar-refractivity contribution in [2.45, 2.75) is 13.3 Å². The van der Waals surface area contributed by atoms with E-state index in [1.54, 1.807) is 47.6 Å². The minimum absolute atomic E-state index is 0.0334. The summed E-state index contributed by atoms with van der Waals surface area (Å²) in [5, 5.41) is 6.21. The first-order valence-corrected chi connectivity index (χ1v) is 13.2. The van der Waals surface area contributed by atoms with E-state index >= 15 is 0 Å². The van der Waals surface area contributed by atoms with Gasteiger partial charge in [0.05, 0.1) is 25.5 Å². The lowest BCUT2D eigenvalue weighted by molar-refractivity contribution is -0.131. The molecule has 10 nitrogen and oxygen atoms in total. The Kier molecular flexibility index (Phi) is 7.92. The van der Waals surface area contributed by atoms with E-state index in [-0.39, 0.29) is 17.6 Å². The number of hydrogen-bond acceptors (Lipinski definition) is 7. The number of carbonyl (C=O) groups is 2. The third-order valence-corrected chi connectivity index (χ3v) is 7.10. The maximum atomic E-state index is 14.3. The molecule has 3 heterocycles. The van der Waals surface area contributed by atoms with Crippen LogP contribution < -0.4 is 15.4 Å². The molecule has 0 atom stereocenters. The van der Waals surface area contributed by atoms with Crippen molar-refractivity contribution in [3.8, 4) is 17.0 Å². The van der Waals surface area contributed by atoms with Gasteiger partial charge in [-0.3, -0.25) is 14.0 Å². The third kappa shape index (κ3) is 5.32. The Labute approximate surface area is 231 Å². The van der Waals surface area contributed by atoms with Crippen LogP contribution in [0.5, 0.6) is 5.75 Å². The molecule has 1 aliphatic rings. The molecule has 0 saturated carbocycles. The highest BCUT2D eigenvalue weighted by Gasteiger charge is 2.25. The molecule has 0 spiro atoms. The normalized spacial score (nSPS) is 13.5. The zero-order valence-corrected chi connectivity index (χ0v) is 22.8. The number of imidazole rings is 1. The van der Waals surface area contributed by atoms with Gasteiger partial charge < -0.3 is 25.2 Å². The Morgan fingerprint density at radius 1 is 1.05 bits per heavy atom. The van der Waals surface area contributed by atoms with Crippen LogP contribution in [0.1, 0.15) is 22.8 Å². The molecule has 1 aliphatic heterocycles. The molecular weight excluding hydrogens is 513 g/mol. The fourth-order valence-electron chi connectivity index (χ4n) is 4.95. The summed E-state index contributed by atoms with van der Waals surface area (Å²) < 4.78 is 21.2. The molecule has 2 aromatic heterocycles. The van der Waals surface area contributed by atoms with Crippen LogP contribution in [-0.2, 0) is 11.2 Å². The molecule has 1 fully saturated rings. The first-order chi connectivity index (χ1) is 19.4. The van der Waals surface area contributed by atoms with Gasteiger partial charge >= 0.3 is 0 Å². The lowest BCUT2D eigenvalue weighted by atomic mass is 10.0. The quantitative estimate of drug-likeness (QED) is 0.350. The summed E-state index contributed by atoms with van der Waals surface area (Å²) in [6.45, 7) is 4.37. The number of anilines is 2. The smallest absolute Gasteiger partial charge is 0.254 e. The van der Waals surface area contributed by atoms with Gasteiger partial charge in [0.15, 0.2) is 23.0 Å². The molecule has 4 aromatic rings. The molecule has 1 saturated heterocycles. The number of nitrogens with one attached hydrogen (secondary N) is 2. The van der Waals surface area contributed by atoms with Crippen LogP contribution in [0.2, 0.25) is 0 Å². The van der Waals surface area contributed by atoms with E-state index in [9.17, 15) is 14.0 Å². The molecule has 40 heavy (non-hydrogen) atoms. The van der Waals surface area contributed by atoms with E-state index in [0.29, 0.717) is 67.4 Å². The molecule has 0 radical (unpaired) electrons. The lowest BCUT2D eigenvalue weighted by Crippen LogP contribution is -2.52. The average Bonchev–Trinajstić information content (AvgIpc) is 3.42. The number of amides is 2. The van der Waals surface area contributed by atoms with E-state index in [2.05, 4.69) is 20.6 Å². The zero-order valence-electron chi connectivity index (χ0n) is 22.8. The van der Waals surface area contributed by atoms with Crippen LogP contribution in [0, 0.1) is 5.82 Å². The molecule has 2 amide bonds. The predicted octanol–water partition coefficient (Wildman–Crippen LogP) is 3.35. The summed E-state index contributed by atoms with van der Waals surface area (Å²) in [4.78, 5) is 38.1. The third-order valence-electron chi connectivity index (χ3n) is 7.10. The Morgan fingerprint density at radius 2 is 1.82 bits per heavy atom. The number of benzene rings is 2. The van der Waals surface area contributed by atoms with Crippen LogP contribution in [0.3, 0.4) is 0 Å². The van der Waals surface area contributed by atoms with E-state index < -0.39 is 5.82 Å². The molecule has 208 valence electrons. The highest BCUT2D eigenvalue weighted by atomic mass is 19.1. The monoisotopic (exact) mass is 545 g/mol. The minimum Gasteiger partial charge on any atom is -0.494 e. The number of carbonyl (C=O) groups excluding carboxylic acids is 2. The minimum atomic E-state index is -0.451. The first kappa shape index (κ1) is 27.1. The second kappa shape index (κ2) is 11.7. The van der Waals surface area contributed by atoms with Crippen LogP contribution in [0.25, 0.3) is 16.9 Å². The van der Waals surface area contributed by atoms with Gasteiger partial charge in [-0.2, -0.15) is 0 Å². The van der Waals surface area contributed by atoms with Gasteiger partial charge in [-0.15, -0.1) is 0 Å². The number of aromatic nitrogens is 3.